The molecule has 0 aromatic heterocycles. The summed E-state index contributed by atoms with van der Waals surface area (Å²) in [5.74, 6) is 0.917. The maximum Gasteiger partial charge on any atom is 0.242 e. The van der Waals surface area contributed by atoms with Crippen molar-refractivity contribution in [2.75, 3.05) is 12.3 Å². The summed E-state index contributed by atoms with van der Waals surface area (Å²) >= 11 is 19.7. The highest BCUT2D eigenvalue weighted by atomic mass is 35.5. The lowest BCUT2D eigenvalue weighted by Gasteiger charge is -2.31. The number of amides is 2. The highest BCUT2D eigenvalue weighted by Crippen LogP contribution is 2.25. The zero-order valence-electron chi connectivity index (χ0n) is 18.5. The topological polar surface area (TPSA) is 49.4 Å². The van der Waals surface area contributed by atoms with Crippen molar-refractivity contribution in [3.05, 3.63) is 68.7 Å². The van der Waals surface area contributed by atoms with Crippen LogP contribution in [0, 0.1) is 5.92 Å². The summed E-state index contributed by atoms with van der Waals surface area (Å²) in [5.41, 5.74) is 1.84. The van der Waals surface area contributed by atoms with Crippen molar-refractivity contribution >= 4 is 58.4 Å². The van der Waals surface area contributed by atoms with E-state index in [0.29, 0.717) is 46.2 Å². The molecule has 0 bridgehead atoms. The van der Waals surface area contributed by atoms with Crippen LogP contribution in [0.5, 0.6) is 0 Å². The fraction of sp³-hybridized carbons (Fsp3) is 0.417. The van der Waals surface area contributed by atoms with Gasteiger partial charge in [-0.25, -0.2) is 0 Å². The Bertz CT molecular complexity index is 907. The summed E-state index contributed by atoms with van der Waals surface area (Å²) in [4.78, 5) is 27.8. The van der Waals surface area contributed by atoms with Crippen LogP contribution in [0.1, 0.15) is 38.3 Å². The van der Waals surface area contributed by atoms with Crippen LogP contribution in [0.2, 0.25) is 15.1 Å². The fourth-order valence-electron chi connectivity index (χ4n) is 3.10. The van der Waals surface area contributed by atoms with Gasteiger partial charge in [-0.3, -0.25) is 9.59 Å². The van der Waals surface area contributed by atoms with Gasteiger partial charge in [0, 0.05) is 33.9 Å². The molecule has 4 nitrogen and oxygen atoms in total. The Balaban J connectivity index is 2.12. The van der Waals surface area contributed by atoms with Gasteiger partial charge in [0.25, 0.3) is 0 Å². The van der Waals surface area contributed by atoms with Gasteiger partial charge < -0.3 is 10.2 Å². The second kappa shape index (κ2) is 13.3. The smallest absolute Gasteiger partial charge is 0.242 e. The average Bonchev–Trinajstić information content (AvgIpc) is 2.74. The van der Waals surface area contributed by atoms with Crippen LogP contribution in [0.4, 0.5) is 0 Å². The second-order valence-electron chi connectivity index (χ2n) is 7.94. The van der Waals surface area contributed by atoms with Gasteiger partial charge in [0.15, 0.2) is 0 Å². The van der Waals surface area contributed by atoms with Crippen molar-refractivity contribution in [2.24, 2.45) is 5.92 Å². The van der Waals surface area contributed by atoms with Gasteiger partial charge in [0.05, 0.1) is 5.75 Å². The summed E-state index contributed by atoms with van der Waals surface area (Å²) in [6.45, 7) is 6.91. The molecule has 32 heavy (non-hydrogen) atoms. The number of thioether (sulfide) groups is 1. The Kier molecular flexibility index (Phi) is 11.2. The Morgan fingerprint density at radius 3 is 2.28 bits per heavy atom. The Hall–Kier alpha value is -1.40. The number of benzene rings is 2. The van der Waals surface area contributed by atoms with Gasteiger partial charge in [-0.1, -0.05) is 73.8 Å². The molecule has 0 fully saturated rings. The van der Waals surface area contributed by atoms with Crippen LogP contribution in [0.3, 0.4) is 0 Å². The van der Waals surface area contributed by atoms with E-state index >= 15 is 0 Å². The fourth-order valence-corrected chi connectivity index (χ4v) is 4.69. The first kappa shape index (κ1) is 26.8. The van der Waals surface area contributed by atoms with Crippen LogP contribution in [0.15, 0.2) is 42.5 Å². The molecule has 174 valence electrons. The molecule has 2 aromatic carbocycles. The normalized spacial score (nSPS) is 12.0. The average molecular weight is 516 g/mol. The molecule has 0 aliphatic carbocycles. The minimum absolute atomic E-state index is 0.0958. The molecular formula is C24H29Cl3N2O2S. The van der Waals surface area contributed by atoms with Crippen molar-refractivity contribution in [2.45, 2.75) is 45.5 Å². The first-order valence-corrected chi connectivity index (χ1v) is 12.8. The van der Waals surface area contributed by atoms with Crippen LogP contribution < -0.4 is 5.32 Å². The highest BCUT2D eigenvalue weighted by Gasteiger charge is 2.28. The summed E-state index contributed by atoms with van der Waals surface area (Å²) in [5, 5.41) is 4.75. The molecule has 2 aromatic rings. The largest absolute Gasteiger partial charge is 0.354 e. The van der Waals surface area contributed by atoms with Gasteiger partial charge in [-0.05, 0) is 47.7 Å². The third-order valence-corrected chi connectivity index (χ3v) is 6.64. The van der Waals surface area contributed by atoms with Gasteiger partial charge >= 0.3 is 0 Å². The minimum Gasteiger partial charge on any atom is -0.354 e. The van der Waals surface area contributed by atoms with E-state index in [1.165, 1.54) is 11.8 Å². The Labute approximate surface area is 210 Å². The molecule has 8 heteroatoms. The lowest BCUT2D eigenvalue weighted by atomic mass is 10.1. The molecule has 1 atom stereocenters. The molecule has 0 aliphatic rings. The van der Waals surface area contributed by atoms with E-state index in [1.807, 2.05) is 39.0 Å². The molecule has 0 saturated heterocycles. The predicted octanol–water partition coefficient (Wildman–Crippen LogP) is 6.46. The molecular weight excluding hydrogens is 487 g/mol. The summed E-state index contributed by atoms with van der Waals surface area (Å²) in [6.07, 6.45) is 0.525. The van der Waals surface area contributed by atoms with Crippen LogP contribution in [0.25, 0.3) is 0 Å². The standard InChI is InChI=1S/C24H29Cl3N2O2S/c1-4-22(24(31)28-12-16(2)3)29(13-17-5-8-19(25)9-6-17)23(30)15-32-14-18-7-10-20(26)11-21(18)27/h5-11,16,22H,4,12-15H2,1-3H3,(H,28,31)/t22-/m1/s1. The lowest BCUT2D eigenvalue weighted by molar-refractivity contribution is -0.139. The number of hydrogen-bond acceptors (Lipinski definition) is 3. The molecule has 2 rings (SSSR count). The third-order valence-electron chi connectivity index (χ3n) is 4.83. The molecule has 0 spiro atoms. The quantitative estimate of drug-likeness (QED) is 0.373. The molecule has 1 N–H and O–H groups in total. The molecule has 0 saturated carbocycles. The van der Waals surface area contributed by atoms with E-state index in [4.69, 9.17) is 34.8 Å². The van der Waals surface area contributed by atoms with Gasteiger partial charge in [-0.15, -0.1) is 11.8 Å². The molecule has 0 heterocycles. The number of nitrogens with zero attached hydrogens (tertiary/aromatic N) is 1. The minimum atomic E-state index is -0.545. The van der Waals surface area contributed by atoms with Crippen molar-refractivity contribution in [1.82, 2.24) is 10.2 Å². The third kappa shape index (κ3) is 8.51. The second-order valence-corrected chi connectivity index (χ2v) is 10.2. The van der Waals surface area contributed by atoms with Crippen LogP contribution >= 0.6 is 46.6 Å². The molecule has 0 unspecified atom stereocenters. The molecule has 0 radical (unpaired) electrons. The predicted molar refractivity (Wildman–Crippen MR) is 137 cm³/mol. The molecule has 2 amide bonds. The maximum absolute atomic E-state index is 13.2. The number of carbonyl (C=O) groups is 2. The van der Waals surface area contributed by atoms with E-state index in [2.05, 4.69) is 5.32 Å². The van der Waals surface area contributed by atoms with Gasteiger partial charge in [0.2, 0.25) is 11.8 Å². The van der Waals surface area contributed by atoms with Gasteiger partial charge in [0.1, 0.15) is 6.04 Å². The number of nitrogens with one attached hydrogen (secondary N) is 1. The van der Waals surface area contributed by atoms with Crippen molar-refractivity contribution in [3.63, 3.8) is 0 Å². The number of hydrogen-bond donors (Lipinski definition) is 1. The van der Waals surface area contributed by atoms with Crippen molar-refractivity contribution in [3.8, 4) is 0 Å². The summed E-state index contributed by atoms with van der Waals surface area (Å²) in [6, 6.07) is 12.1. The van der Waals surface area contributed by atoms with E-state index < -0.39 is 6.04 Å². The van der Waals surface area contributed by atoms with Crippen molar-refractivity contribution < 1.29 is 9.59 Å². The highest BCUT2D eigenvalue weighted by molar-refractivity contribution is 7.99. The first-order chi connectivity index (χ1) is 15.2. The van der Waals surface area contributed by atoms with E-state index in [9.17, 15) is 9.59 Å². The first-order valence-electron chi connectivity index (χ1n) is 10.5. The maximum atomic E-state index is 13.2. The van der Waals surface area contributed by atoms with E-state index in [-0.39, 0.29) is 17.6 Å². The lowest BCUT2D eigenvalue weighted by Crippen LogP contribution is -2.50. The Morgan fingerprint density at radius 1 is 1.03 bits per heavy atom. The zero-order valence-corrected chi connectivity index (χ0v) is 21.6. The number of carbonyl (C=O) groups excluding carboxylic acids is 2. The number of halogens is 3. The molecule has 0 aliphatic heterocycles. The van der Waals surface area contributed by atoms with Crippen molar-refractivity contribution in [1.29, 1.82) is 0 Å². The monoisotopic (exact) mass is 514 g/mol. The van der Waals surface area contributed by atoms with Crippen LogP contribution in [-0.2, 0) is 21.9 Å². The van der Waals surface area contributed by atoms with Gasteiger partial charge in [-0.2, -0.15) is 0 Å². The zero-order chi connectivity index (χ0) is 23.7. The SMILES string of the molecule is CC[C@H](C(=O)NCC(C)C)N(Cc1ccc(Cl)cc1)C(=O)CSCc1ccc(Cl)cc1Cl. The summed E-state index contributed by atoms with van der Waals surface area (Å²) in [7, 11) is 0. The van der Waals surface area contributed by atoms with E-state index in [0.717, 1.165) is 11.1 Å². The summed E-state index contributed by atoms with van der Waals surface area (Å²) < 4.78 is 0. The van der Waals surface area contributed by atoms with E-state index in [1.54, 1.807) is 29.2 Å². The number of rotatable bonds is 11. The Morgan fingerprint density at radius 2 is 1.69 bits per heavy atom. The van der Waals surface area contributed by atoms with Crippen LogP contribution in [-0.4, -0.2) is 35.1 Å².